The van der Waals surface area contributed by atoms with Gasteiger partial charge in [0.1, 0.15) is 11.6 Å². The molecule has 4 rings (SSSR count). The van der Waals surface area contributed by atoms with Gasteiger partial charge >= 0.3 is 0 Å². The summed E-state index contributed by atoms with van der Waals surface area (Å²) >= 11 is 5.45. The third-order valence-corrected chi connectivity index (χ3v) is 5.40. The van der Waals surface area contributed by atoms with E-state index in [1.807, 2.05) is 48.5 Å². The second kappa shape index (κ2) is 10.2. The number of hydrogen-bond acceptors (Lipinski definition) is 6. The third kappa shape index (κ3) is 5.88. The molecule has 0 spiro atoms. The normalized spacial score (nSPS) is 15.9. The Morgan fingerprint density at radius 3 is 2.81 bits per heavy atom. The first-order valence-electron chi connectivity index (χ1n) is 10.5. The van der Waals surface area contributed by atoms with Crippen molar-refractivity contribution in [2.45, 2.75) is 38.8 Å². The summed E-state index contributed by atoms with van der Waals surface area (Å²) in [7, 11) is 0. The summed E-state index contributed by atoms with van der Waals surface area (Å²) < 4.78 is 6.01. The Morgan fingerprint density at radius 2 is 2.03 bits per heavy atom. The molecule has 1 fully saturated rings. The van der Waals surface area contributed by atoms with Gasteiger partial charge in [0.15, 0.2) is 5.11 Å². The minimum Gasteiger partial charge on any atom is -0.439 e. The van der Waals surface area contributed by atoms with Crippen LogP contribution in [-0.2, 0) is 6.54 Å². The number of hydrogen-bond donors (Lipinski definition) is 2. The van der Waals surface area contributed by atoms with Crippen molar-refractivity contribution in [2.24, 2.45) is 0 Å². The molecule has 2 aromatic heterocycles. The lowest BCUT2D eigenvalue weighted by molar-refractivity contribution is 0.457. The molecule has 31 heavy (non-hydrogen) atoms. The Balaban J connectivity index is 1.52. The quantitative estimate of drug-likeness (QED) is 0.548. The van der Waals surface area contributed by atoms with Crippen molar-refractivity contribution in [3.05, 3.63) is 66.5 Å². The lowest BCUT2D eigenvalue weighted by atomic mass is 10.0. The van der Waals surface area contributed by atoms with Gasteiger partial charge in [-0.25, -0.2) is 0 Å². The lowest BCUT2D eigenvalue weighted by Gasteiger charge is -2.34. The zero-order valence-corrected chi connectivity index (χ0v) is 18.3. The number of benzene rings is 1. The number of nitrogens with one attached hydrogen (secondary N) is 2. The standard InChI is InChI=1S/C23H26N6OS/c1-17-8-5-6-13-29(17)20-14-21(30-19-10-3-2-4-11-19)27-22(26-20)28-23(31)25-16-18-9-7-12-24-15-18/h2-4,7,9-12,14-15,17H,5-6,8,13,16H2,1H3,(H2,25,26,27,28,31)/t17-/m1/s1. The molecule has 7 nitrogen and oxygen atoms in total. The van der Waals surface area contributed by atoms with Gasteiger partial charge in [-0.05, 0) is 62.2 Å². The largest absolute Gasteiger partial charge is 0.439 e. The minimum absolute atomic E-state index is 0.407. The Kier molecular flexibility index (Phi) is 6.89. The van der Waals surface area contributed by atoms with Gasteiger partial charge < -0.3 is 20.3 Å². The van der Waals surface area contributed by atoms with Gasteiger partial charge in [-0.2, -0.15) is 9.97 Å². The fourth-order valence-corrected chi connectivity index (χ4v) is 3.71. The molecule has 0 aliphatic carbocycles. The van der Waals surface area contributed by atoms with Crippen LogP contribution in [0.1, 0.15) is 31.7 Å². The SMILES string of the molecule is C[C@@H]1CCCCN1c1cc(Oc2ccccc2)nc(NC(=S)NCc2cccnc2)n1. The molecule has 1 atom stereocenters. The van der Waals surface area contributed by atoms with E-state index in [-0.39, 0.29) is 0 Å². The summed E-state index contributed by atoms with van der Waals surface area (Å²) in [4.78, 5) is 15.7. The number of anilines is 2. The zero-order valence-electron chi connectivity index (χ0n) is 17.5. The highest BCUT2D eigenvalue weighted by Crippen LogP contribution is 2.28. The van der Waals surface area contributed by atoms with Crippen LogP contribution in [0.3, 0.4) is 0 Å². The summed E-state index contributed by atoms with van der Waals surface area (Å²) in [5.74, 6) is 2.45. The van der Waals surface area contributed by atoms with E-state index in [4.69, 9.17) is 21.9 Å². The summed E-state index contributed by atoms with van der Waals surface area (Å²) in [5.41, 5.74) is 1.04. The molecular formula is C23H26N6OS. The second-order valence-electron chi connectivity index (χ2n) is 7.51. The summed E-state index contributed by atoms with van der Waals surface area (Å²) in [6.07, 6.45) is 7.08. The zero-order chi connectivity index (χ0) is 21.5. The smallest absolute Gasteiger partial charge is 0.234 e. The molecule has 0 unspecified atom stereocenters. The molecule has 8 heteroatoms. The molecule has 3 aromatic rings. The van der Waals surface area contributed by atoms with Gasteiger partial charge in [0.2, 0.25) is 11.8 Å². The van der Waals surface area contributed by atoms with Crippen molar-refractivity contribution >= 4 is 29.1 Å². The maximum atomic E-state index is 6.01. The highest BCUT2D eigenvalue weighted by Gasteiger charge is 2.21. The maximum absolute atomic E-state index is 6.01. The Hall–Kier alpha value is -3.26. The molecule has 3 heterocycles. The van der Waals surface area contributed by atoms with Crippen LogP contribution >= 0.6 is 12.2 Å². The van der Waals surface area contributed by atoms with Crippen molar-refractivity contribution in [3.8, 4) is 11.6 Å². The Bertz CT molecular complexity index is 1000. The first-order chi connectivity index (χ1) is 15.2. The van der Waals surface area contributed by atoms with E-state index >= 15 is 0 Å². The fraction of sp³-hybridized carbons (Fsp3) is 0.304. The van der Waals surface area contributed by atoms with Crippen molar-refractivity contribution in [3.63, 3.8) is 0 Å². The number of pyridine rings is 1. The lowest BCUT2D eigenvalue weighted by Crippen LogP contribution is -2.38. The highest BCUT2D eigenvalue weighted by molar-refractivity contribution is 7.80. The van der Waals surface area contributed by atoms with Crippen molar-refractivity contribution in [1.82, 2.24) is 20.3 Å². The third-order valence-electron chi connectivity index (χ3n) is 5.15. The Morgan fingerprint density at radius 1 is 1.16 bits per heavy atom. The number of nitrogens with zero attached hydrogens (tertiary/aromatic N) is 4. The number of ether oxygens (including phenoxy) is 1. The van der Waals surface area contributed by atoms with Crippen LogP contribution < -0.4 is 20.3 Å². The van der Waals surface area contributed by atoms with E-state index in [1.54, 1.807) is 12.4 Å². The molecule has 1 aromatic carbocycles. The van der Waals surface area contributed by atoms with Crippen LogP contribution in [0.5, 0.6) is 11.6 Å². The van der Waals surface area contributed by atoms with Crippen molar-refractivity contribution < 1.29 is 4.74 Å². The average molecular weight is 435 g/mol. The highest BCUT2D eigenvalue weighted by atomic mass is 32.1. The summed E-state index contributed by atoms with van der Waals surface area (Å²) in [6, 6.07) is 15.8. The molecule has 1 aliphatic heterocycles. The Labute approximate surface area is 187 Å². The molecule has 1 aliphatic rings. The van der Waals surface area contributed by atoms with Gasteiger partial charge in [-0.15, -0.1) is 0 Å². The number of aromatic nitrogens is 3. The first kappa shape index (κ1) is 21.0. The van der Waals surface area contributed by atoms with E-state index in [0.29, 0.717) is 29.5 Å². The van der Waals surface area contributed by atoms with E-state index in [1.165, 1.54) is 6.42 Å². The predicted octanol–water partition coefficient (Wildman–Crippen LogP) is 4.53. The number of para-hydroxylation sites is 1. The molecule has 1 saturated heterocycles. The van der Waals surface area contributed by atoms with Crippen LogP contribution in [0.15, 0.2) is 60.9 Å². The van der Waals surface area contributed by atoms with E-state index in [2.05, 4.69) is 32.4 Å². The van der Waals surface area contributed by atoms with Gasteiger partial charge in [0.25, 0.3) is 0 Å². The van der Waals surface area contributed by atoms with E-state index in [9.17, 15) is 0 Å². The van der Waals surface area contributed by atoms with Gasteiger partial charge in [0.05, 0.1) is 0 Å². The average Bonchev–Trinajstić information content (AvgIpc) is 2.79. The van der Waals surface area contributed by atoms with Gasteiger partial charge in [0, 0.05) is 37.6 Å². The van der Waals surface area contributed by atoms with E-state index < -0.39 is 0 Å². The van der Waals surface area contributed by atoms with Crippen molar-refractivity contribution in [1.29, 1.82) is 0 Å². The maximum Gasteiger partial charge on any atom is 0.234 e. The minimum atomic E-state index is 0.407. The van der Waals surface area contributed by atoms with Gasteiger partial charge in [-0.1, -0.05) is 24.3 Å². The number of thiocarbonyl (C=S) groups is 1. The van der Waals surface area contributed by atoms with Crippen LogP contribution in [-0.4, -0.2) is 32.7 Å². The predicted molar refractivity (Wildman–Crippen MR) is 127 cm³/mol. The van der Waals surface area contributed by atoms with Gasteiger partial charge in [-0.3, -0.25) is 4.98 Å². The molecule has 0 radical (unpaired) electrons. The monoisotopic (exact) mass is 434 g/mol. The first-order valence-corrected chi connectivity index (χ1v) is 10.9. The number of rotatable bonds is 6. The van der Waals surface area contributed by atoms with Crippen LogP contribution in [0.2, 0.25) is 0 Å². The molecule has 0 amide bonds. The molecule has 0 bridgehead atoms. The fourth-order valence-electron chi connectivity index (χ4n) is 3.55. The number of piperidine rings is 1. The van der Waals surface area contributed by atoms with Crippen LogP contribution in [0.4, 0.5) is 11.8 Å². The summed E-state index contributed by atoms with van der Waals surface area (Å²) in [6.45, 7) is 3.76. The van der Waals surface area contributed by atoms with E-state index in [0.717, 1.165) is 36.5 Å². The summed E-state index contributed by atoms with van der Waals surface area (Å²) in [5, 5.41) is 6.72. The second-order valence-corrected chi connectivity index (χ2v) is 7.92. The molecule has 2 N–H and O–H groups in total. The molecule has 160 valence electrons. The molecule has 0 saturated carbocycles. The topological polar surface area (TPSA) is 75.2 Å². The molecular weight excluding hydrogens is 408 g/mol. The van der Waals surface area contributed by atoms with Crippen LogP contribution in [0.25, 0.3) is 0 Å². The van der Waals surface area contributed by atoms with Crippen LogP contribution in [0, 0.1) is 0 Å². The van der Waals surface area contributed by atoms with Crippen molar-refractivity contribution in [2.75, 3.05) is 16.8 Å².